The highest BCUT2D eigenvalue weighted by molar-refractivity contribution is 7.88. The number of hydrogen-bond acceptors (Lipinski definition) is 4. The highest BCUT2D eigenvalue weighted by Crippen LogP contribution is 2.30. The molecule has 1 aliphatic heterocycles. The van der Waals surface area contributed by atoms with Crippen molar-refractivity contribution in [1.82, 2.24) is 4.31 Å². The third-order valence-electron chi connectivity index (χ3n) is 3.70. The molecular formula is C14H22N2O3S. The molecule has 1 heterocycles. The Hall–Kier alpha value is -1.27. The van der Waals surface area contributed by atoms with Crippen molar-refractivity contribution >= 4 is 15.7 Å². The van der Waals surface area contributed by atoms with Crippen molar-refractivity contribution < 1.29 is 13.2 Å². The van der Waals surface area contributed by atoms with Crippen LogP contribution in [-0.4, -0.2) is 52.3 Å². The summed E-state index contributed by atoms with van der Waals surface area (Å²) in [7, 11) is -1.41. The van der Waals surface area contributed by atoms with E-state index in [1.165, 1.54) is 16.1 Å². The summed E-state index contributed by atoms with van der Waals surface area (Å²) >= 11 is 0. The summed E-state index contributed by atoms with van der Waals surface area (Å²) in [6.45, 7) is 4.54. The number of rotatable bonds is 4. The lowest BCUT2D eigenvalue weighted by molar-refractivity contribution is 0.380. The number of benzene rings is 1. The lowest BCUT2D eigenvalue weighted by Gasteiger charge is -2.35. The summed E-state index contributed by atoms with van der Waals surface area (Å²) in [6.07, 6.45) is 2.23. The maximum absolute atomic E-state index is 11.5. The number of hydrogen-bond donors (Lipinski definition) is 0. The molecule has 20 heavy (non-hydrogen) atoms. The van der Waals surface area contributed by atoms with Crippen molar-refractivity contribution in [1.29, 1.82) is 0 Å². The minimum atomic E-state index is -3.08. The zero-order valence-corrected chi connectivity index (χ0v) is 13.1. The van der Waals surface area contributed by atoms with Gasteiger partial charge in [0.1, 0.15) is 5.75 Å². The Morgan fingerprint density at radius 2 is 1.85 bits per heavy atom. The smallest absolute Gasteiger partial charge is 0.211 e. The van der Waals surface area contributed by atoms with Crippen molar-refractivity contribution in [2.24, 2.45) is 0 Å². The summed E-state index contributed by atoms with van der Waals surface area (Å²) in [5.74, 6) is 0.858. The second-order valence-electron chi connectivity index (χ2n) is 5.01. The fraction of sp³-hybridized carbons (Fsp3) is 0.571. The Morgan fingerprint density at radius 3 is 2.35 bits per heavy atom. The van der Waals surface area contributed by atoms with Gasteiger partial charge in [-0.05, 0) is 24.1 Å². The molecule has 0 saturated carbocycles. The van der Waals surface area contributed by atoms with Crippen LogP contribution in [0.2, 0.25) is 0 Å². The molecule has 1 fully saturated rings. The molecular weight excluding hydrogens is 276 g/mol. The maximum Gasteiger partial charge on any atom is 0.211 e. The zero-order valence-electron chi connectivity index (χ0n) is 12.3. The Kier molecular flexibility index (Phi) is 4.55. The van der Waals surface area contributed by atoms with E-state index in [0.29, 0.717) is 26.2 Å². The van der Waals surface area contributed by atoms with Crippen molar-refractivity contribution in [3.05, 3.63) is 23.8 Å². The molecule has 0 aromatic heterocycles. The molecule has 0 bridgehead atoms. The van der Waals surface area contributed by atoms with Crippen LogP contribution in [0.5, 0.6) is 5.75 Å². The first-order valence-corrected chi connectivity index (χ1v) is 8.67. The number of sulfonamides is 1. The summed E-state index contributed by atoms with van der Waals surface area (Å²) in [4.78, 5) is 2.18. The molecule has 6 heteroatoms. The predicted molar refractivity (Wildman–Crippen MR) is 81.0 cm³/mol. The molecule has 1 aromatic carbocycles. The number of piperazine rings is 1. The summed E-state index contributed by atoms with van der Waals surface area (Å²) in [6, 6.07) is 6.22. The minimum Gasteiger partial charge on any atom is -0.495 e. The van der Waals surface area contributed by atoms with Gasteiger partial charge < -0.3 is 9.64 Å². The number of aryl methyl sites for hydroxylation is 1. The molecule has 0 unspecified atom stereocenters. The zero-order chi connectivity index (χ0) is 14.8. The molecule has 0 spiro atoms. The number of nitrogens with zero attached hydrogens (tertiary/aromatic N) is 2. The molecule has 0 atom stereocenters. The van der Waals surface area contributed by atoms with Gasteiger partial charge in [0.25, 0.3) is 0 Å². The first kappa shape index (κ1) is 15.1. The largest absolute Gasteiger partial charge is 0.495 e. The van der Waals surface area contributed by atoms with Crippen LogP contribution in [-0.2, 0) is 16.4 Å². The molecule has 1 saturated heterocycles. The normalized spacial score (nSPS) is 17.2. The Bertz CT molecular complexity index is 564. The lowest BCUT2D eigenvalue weighted by Crippen LogP contribution is -2.48. The van der Waals surface area contributed by atoms with E-state index in [4.69, 9.17) is 4.74 Å². The van der Waals surface area contributed by atoms with E-state index in [9.17, 15) is 8.42 Å². The van der Waals surface area contributed by atoms with E-state index in [1.54, 1.807) is 7.11 Å². The van der Waals surface area contributed by atoms with E-state index in [1.807, 2.05) is 0 Å². The lowest BCUT2D eigenvalue weighted by atomic mass is 10.1. The highest BCUT2D eigenvalue weighted by atomic mass is 32.2. The molecule has 0 radical (unpaired) electrons. The van der Waals surface area contributed by atoms with E-state index in [2.05, 4.69) is 30.0 Å². The Balaban J connectivity index is 2.14. The van der Waals surface area contributed by atoms with Crippen molar-refractivity contribution in [2.75, 3.05) is 44.4 Å². The van der Waals surface area contributed by atoms with Gasteiger partial charge in [-0.1, -0.05) is 13.0 Å². The van der Waals surface area contributed by atoms with Crippen LogP contribution in [0, 0.1) is 0 Å². The number of anilines is 1. The monoisotopic (exact) mass is 298 g/mol. The van der Waals surface area contributed by atoms with Crippen LogP contribution in [0.4, 0.5) is 5.69 Å². The summed E-state index contributed by atoms with van der Waals surface area (Å²) in [5.41, 5.74) is 2.28. The van der Waals surface area contributed by atoms with Gasteiger partial charge in [-0.2, -0.15) is 4.31 Å². The van der Waals surface area contributed by atoms with Gasteiger partial charge in [0.2, 0.25) is 10.0 Å². The fourth-order valence-corrected chi connectivity index (χ4v) is 3.29. The molecule has 112 valence electrons. The first-order valence-electron chi connectivity index (χ1n) is 6.82. The molecule has 0 N–H and O–H groups in total. The third kappa shape index (κ3) is 3.24. The highest BCUT2D eigenvalue weighted by Gasteiger charge is 2.24. The number of methoxy groups -OCH3 is 1. The van der Waals surface area contributed by atoms with Crippen molar-refractivity contribution in [2.45, 2.75) is 13.3 Å². The summed E-state index contributed by atoms with van der Waals surface area (Å²) in [5, 5.41) is 0. The molecule has 2 rings (SSSR count). The average Bonchev–Trinajstić information content (AvgIpc) is 2.45. The second kappa shape index (κ2) is 6.01. The van der Waals surface area contributed by atoms with E-state index in [0.717, 1.165) is 17.9 Å². The molecule has 1 aliphatic rings. The standard InChI is InChI=1S/C14H22N2O3S/c1-4-12-5-6-13(14(11-12)19-2)15-7-9-16(10-8-15)20(3,17)18/h5-6,11H,4,7-10H2,1-3H3. The van der Waals surface area contributed by atoms with Crippen molar-refractivity contribution in [3.63, 3.8) is 0 Å². The van der Waals surface area contributed by atoms with Crippen LogP contribution in [0.1, 0.15) is 12.5 Å². The maximum atomic E-state index is 11.5. The molecule has 1 aromatic rings. The fourth-order valence-electron chi connectivity index (χ4n) is 2.46. The van der Waals surface area contributed by atoms with Crippen LogP contribution in [0.3, 0.4) is 0 Å². The van der Waals surface area contributed by atoms with Gasteiger partial charge in [0.15, 0.2) is 0 Å². The van der Waals surface area contributed by atoms with Crippen LogP contribution >= 0.6 is 0 Å². The van der Waals surface area contributed by atoms with Gasteiger partial charge in [-0.25, -0.2) is 8.42 Å². The molecule has 5 nitrogen and oxygen atoms in total. The first-order chi connectivity index (χ1) is 9.45. The van der Waals surface area contributed by atoms with E-state index < -0.39 is 10.0 Å². The van der Waals surface area contributed by atoms with Gasteiger partial charge in [-0.15, -0.1) is 0 Å². The quantitative estimate of drug-likeness (QED) is 0.842. The minimum absolute atomic E-state index is 0.525. The molecule has 0 aliphatic carbocycles. The van der Waals surface area contributed by atoms with Crippen LogP contribution < -0.4 is 9.64 Å². The SMILES string of the molecule is CCc1ccc(N2CCN(S(C)(=O)=O)CC2)c(OC)c1. The van der Waals surface area contributed by atoms with Gasteiger partial charge in [0, 0.05) is 26.2 Å². The van der Waals surface area contributed by atoms with E-state index in [-0.39, 0.29) is 0 Å². The molecule has 0 amide bonds. The summed E-state index contributed by atoms with van der Waals surface area (Å²) < 4.78 is 30.0. The van der Waals surface area contributed by atoms with Gasteiger partial charge in [-0.3, -0.25) is 0 Å². The van der Waals surface area contributed by atoms with Gasteiger partial charge in [0.05, 0.1) is 19.1 Å². The van der Waals surface area contributed by atoms with Crippen LogP contribution in [0.25, 0.3) is 0 Å². The third-order valence-corrected chi connectivity index (χ3v) is 5.00. The number of ether oxygens (including phenoxy) is 1. The van der Waals surface area contributed by atoms with Crippen LogP contribution in [0.15, 0.2) is 18.2 Å². The predicted octanol–water partition coefficient (Wildman–Crippen LogP) is 1.34. The topological polar surface area (TPSA) is 49.9 Å². The Labute approximate surface area is 121 Å². The van der Waals surface area contributed by atoms with E-state index >= 15 is 0 Å². The second-order valence-corrected chi connectivity index (χ2v) is 6.99. The van der Waals surface area contributed by atoms with Gasteiger partial charge >= 0.3 is 0 Å². The average molecular weight is 298 g/mol. The van der Waals surface area contributed by atoms with Crippen molar-refractivity contribution in [3.8, 4) is 5.75 Å². The Morgan fingerprint density at radius 1 is 1.20 bits per heavy atom.